The monoisotopic (exact) mass is 226 g/mol. The zero-order chi connectivity index (χ0) is 11.5. The third kappa shape index (κ3) is 1.05. The Labute approximate surface area is 81.9 Å². The van der Waals surface area contributed by atoms with Gasteiger partial charge in [-0.2, -0.15) is 22.0 Å². The van der Waals surface area contributed by atoms with Crippen molar-refractivity contribution in [2.75, 3.05) is 0 Å². The minimum absolute atomic E-state index is 1.17. The van der Waals surface area contributed by atoms with Crippen LogP contribution in [0.25, 0.3) is 0 Å². The molecule has 0 fully saturated rings. The molecule has 6 heteroatoms. The molecule has 0 aliphatic heterocycles. The number of aliphatic hydroxyl groups is 1. The van der Waals surface area contributed by atoms with Crippen molar-refractivity contribution >= 4 is 0 Å². The van der Waals surface area contributed by atoms with Crippen LogP contribution in [0.5, 0.6) is 0 Å². The number of hydrogen-bond acceptors (Lipinski definition) is 1. The first kappa shape index (κ1) is 10.6. The lowest BCUT2D eigenvalue weighted by Crippen LogP contribution is -2.60. The molecule has 0 atom stereocenters. The number of halogens is 5. The van der Waals surface area contributed by atoms with E-state index in [1.807, 2.05) is 0 Å². The Morgan fingerprint density at radius 2 is 1.20 bits per heavy atom. The maximum Gasteiger partial charge on any atom is 0.456 e. The molecule has 2 aliphatic carbocycles. The summed E-state index contributed by atoms with van der Waals surface area (Å²) in [7, 11) is 0. The van der Waals surface area contributed by atoms with Crippen LogP contribution >= 0.6 is 0 Å². The van der Waals surface area contributed by atoms with Crippen LogP contribution in [0.1, 0.15) is 0 Å². The summed E-state index contributed by atoms with van der Waals surface area (Å²) in [6, 6.07) is 0. The minimum atomic E-state index is -5.74. The van der Waals surface area contributed by atoms with E-state index in [9.17, 15) is 27.1 Å². The second-order valence-corrected chi connectivity index (χ2v) is 3.72. The topological polar surface area (TPSA) is 20.2 Å². The summed E-state index contributed by atoms with van der Waals surface area (Å²) in [5, 5.41) is 9.56. The van der Waals surface area contributed by atoms with Gasteiger partial charge >= 0.3 is 12.1 Å². The van der Waals surface area contributed by atoms with Crippen LogP contribution < -0.4 is 0 Å². The predicted molar refractivity (Wildman–Crippen MR) is 41.2 cm³/mol. The summed E-state index contributed by atoms with van der Waals surface area (Å²) in [6.07, 6.45) is -1.06. The van der Waals surface area contributed by atoms with Crippen molar-refractivity contribution in [3.8, 4) is 0 Å². The minimum Gasteiger partial charge on any atom is -0.381 e. The summed E-state index contributed by atoms with van der Waals surface area (Å²) in [5.41, 5.74) is -3.08. The van der Waals surface area contributed by atoms with Gasteiger partial charge in [0.2, 0.25) is 0 Å². The van der Waals surface area contributed by atoms with E-state index in [4.69, 9.17) is 0 Å². The molecule has 0 aromatic rings. The van der Waals surface area contributed by atoms with Crippen molar-refractivity contribution < 1.29 is 27.1 Å². The lowest BCUT2D eigenvalue weighted by Gasteiger charge is -2.37. The first-order chi connectivity index (χ1) is 6.71. The first-order valence-corrected chi connectivity index (χ1v) is 4.25. The number of hydrogen-bond donors (Lipinski definition) is 1. The molecule has 0 aromatic carbocycles. The highest BCUT2D eigenvalue weighted by molar-refractivity contribution is 5.35. The van der Waals surface area contributed by atoms with E-state index >= 15 is 0 Å². The molecule has 0 saturated heterocycles. The summed E-state index contributed by atoms with van der Waals surface area (Å²) in [6.45, 7) is 0. The molecule has 2 rings (SSSR count). The summed E-state index contributed by atoms with van der Waals surface area (Å²) < 4.78 is 62.6. The molecule has 0 radical (unpaired) electrons. The van der Waals surface area contributed by atoms with Gasteiger partial charge in [-0.1, -0.05) is 24.3 Å². The van der Waals surface area contributed by atoms with E-state index in [0.717, 1.165) is 0 Å². The van der Waals surface area contributed by atoms with E-state index in [2.05, 4.69) is 0 Å². The fourth-order valence-electron chi connectivity index (χ4n) is 2.06. The lowest BCUT2D eigenvalue weighted by atomic mass is 9.82. The fourth-order valence-corrected chi connectivity index (χ4v) is 2.06. The molecule has 1 nitrogen and oxygen atoms in total. The van der Waals surface area contributed by atoms with Crippen LogP contribution in [0, 0.1) is 11.8 Å². The highest BCUT2D eigenvalue weighted by Gasteiger charge is 2.75. The molecular weight excluding hydrogens is 219 g/mol. The Bertz CT molecular complexity index is 311. The van der Waals surface area contributed by atoms with Crippen molar-refractivity contribution in [3.05, 3.63) is 24.3 Å². The lowest BCUT2D eigenvalue weighted by molar-refractivity contribution is -0.348. The van der Waals surface area contributed by atoms with Gasteiger partial charge in [-0.15, -0.1) is 0 Å². The largest absolute Gasteiger partial charge is 0.456 e. The Kier molecular flexibility index (Phi) is 1.84. The summed E-state index contributed by atoms with van der Waals surface area (Å²) in [4.78, 5) is 0. The van der Waals surface area contributed by atoms with Crippen LogP contribution in [0.3, 0.4) is 0 Å². The van der Waals surface area contributed by atoms with Gasteiger partial charge in [-0.05, 0) is 0 Å². The fraction of sp³-hybridized carbons (Fsp3) is 0.556. The van der Waals surface area contributed by atoms with Crippen LogP contribution in [-0.4, -0.2) is 22.8 Å². The van der Waals surface area contributed by atoms with Crippen molar-refractivity contribution in [2.24, 2.45) is 11.8 Å². The van der Waals surface area contributed by atoms with E-state index in [-0.39, 0.29) is 0 Å². The van der Waals surface area contributed by atoms with E-state index < -0.39 is 29.5 Å². The van der Waals surface area contributed by atoms with Gasteiger partial charge in [-0.25, -0.2) is 0 Å². The quantitative estimate of drug-likeness (QED) is 0.537. The number of fused-ring (bicyclic) bond motifs is 2. The zero-order valence-electron chi connectivity index (χ0n) is 7.30. The van der Waals surface area contributed by atoms with Gasteiger partial charge in [0, 0.05) is 11.8 Å². The third-order valence-electron chi connectivity index (χ3n) is 2.93. The standard InChI is InChI=1S/C9H7F5O/c10-8(11,9(12,13)14)7(15)5-1-2-6(7)4-3-5/h1-6,15H. The van der Waals surface area contributed by atoms with E-state index in [1.54, 1.807) is 0 Å². The molecular formula is C9H7F5O. The Morgan fingerprint density at radius 3 is 1.47 bits per heavy atom. The van der Waals surface area contributed by atoms with Gasteiger partial charge in [0.1, 0.15) is 0 Å². The molecule has 0 aromatic heterocycles. The van der Waals surface area contributed by atoms with Gasteiger partial charge in [-0.3, -0.25) is 0 Å². The molecule has 0 spiro atoms. The first-order valence-electron chi connectivity index (χ1n) is 4.25. The third-order valence-corrected chi connectivity index (χ3v) is 2.93. The van der Waals surface area contributed by atoms with Crippen molar-refractivity contribution in [1.29, 1.82) is 0 Å². The maximum atomic E-state index is 13.1. The normalized spacial score (nSPS) is 39.1. The van der Waals surface area contributed by atoms with E-state index in [1.165, 1.54) is 24.3 Å². The molecule has 15 heavy (non-hydrogen) atoms. The van der Waals surface area contributed by atoms with Crippen LogP contribution in [0.2, 0.25) is 0 Å². The van der Waals surface area contributed by atoms with Crippen molar-refractivity contribution in [2.45, 2.75) is 17.7 Å². The Hall–Kier alpha value is -0.910. The highest BCUT2D eigenvalue weighted by atomic mass is 19.4. The van der Waals surface area contributed by atoms with Gasteiger partial charge in [0.25, 0.3) is 0 Å². The SMILES string of the molecule is OC1(C(F)(F)C(F)(F)F)C2C=CC1C=C2. The molecule has 0 saturated carbocycles. The number of rotatable bonds is 1. The predicted octanol–water partition coefficient (Wildman–Crippen LogP) is 2.29. The summed E-state index contributed by atoms with van der Waals surface area (Å²) >= 11 is 0. The van der Waals surface area contributed by atoms with Gasteiger partial charge < -0.3 is 5.11 Å². The molecule has 0 amide bonds. The molecule has 2 aliphatic rings. The van der Waals surface area contributed by atoms with Gasteiger partial charge in [0.05, 0.1) is 0 Å². The van der Waals surface area contributed by atoms with Crippen LogP contribution in [0.15, 0.2) is 24.3 Å². The molecule has 2 bridgehead atoms. The average Bonchev–Trinajstić information content (AvgIpc) is 2.59. The Morgan fingerprint density at radius 1 is 0.867 bits per heavy atom. The van der Waals surface area contributed by atoms with E-state index in [0.29, 0.717) is 0 Å². The smallest absolute Gasteiger partial charge is 0.381 e. The molecule has 0 heterocycles. The second-order valence-electron chi connectivity index (χ2n) is 3.72. The maximum absolute atomic E-state index is 13.1. The Balaban J connectivity index is 2.41. The van der Waals surface area contributed by atoms with Crippen LogP contribution in [-0.2, 0) is 0 Å². The van der Waals surface area contributed by atoms with Crippen LogP contribution in [0.4, 0.5) is 22.0 Å². The second kappa shape index (κ2) is 2.61. The van der Waals surface area contributed by atoms with Crippen molar-refractivity contribution in [3.63, 3.8) is 0 Å². The average molecular weight is 226 g/mol. The van der Waals surface area contributed by atoms with Crippen molar-refractivity contribution in [1.82, 2.24) is 0 Å². The molecule has 1 N–H and O–H groups in total. The molecule has 84 valence electrons. The zero-order valence-corrected chi connectivity index (χ0v) is 7.30. The molecule has 0 unspecified atom stereocenters. The number of alkyl halides is 5. The van der Waals surface area contributed by atoms with Gasteiger partial charge in [0.15, 0.2) is 5.60 Å². The highest BCUT2D eigenvalue weighted by Crippen LogP contribution is 2.56. The summed E-state index contributed by atoms with van der Waals surface area (Å²) in [5.74, 6) is -7.64.